The van der Waals surface area contributed by atoms with E-state index >= 15 is 0 Å². The third kappa shape index (κ3) is 3.53. The van der Waals surface area contributed by atoms with E-state index in [1.54, 1.807) is 0 Å². The summed E-state index contributed by atoms with van der Waals surface area (Å²) >= 11 is 1.26. The molecule has 0 saturated carbocycles. The Labute approximate surface area is 137 Å². The molecule has 0 aliphatic heterocycles. The molecule has 23 heavy (non-hydrogen) atoms. The van der Waals surface area contributed by atoms with E-state index in [4.69, 9.17) is 4.74 Å². The lowest BCUT2D eigenvalue weighted by Gasteiger charge is -2.13. The second-order valence-corrected chi connectivity index (χ2v) is 6.51. The predicted molar refractivity (Wildman–Crippen MR) is 88.2 cm³/mol. The number of thiophene rings is 1. The Morgan fingerprint density at radius 1 is 1.17 bits per heavy atom. The summed E-state index contributed by atoms with van der Waals surface area (Å²) in [5, 5.41) is 12.0. The number of nitrogens with one attached hydrogen (secondary N) is 1. The second kappa shape index (κ2) is 6.83. The van der Waals surface area contributed by atoms with Crippen molar-refractivity contribution in [3.8, 4) is 0 Å². The van der Waals surface area contributed by atoms with Crippen LogP contribution in [-0.4, -0.2) is 17.2 Å². The first-order valence-corrected chi connectivity index (χ1v) is 8.32. The minimum Gasteiger partial charge on any atom is -0.477 e. The average molecular weight is 331 g/mol. The molecule has 6 heteroatoms. The molecule has 1 aromatic carbocycles. The summed E-state index contributed by atoms with van der Waals surface area (Å²) in [6, 6.07) is 9.36. The van der Waals surface area contributed by atoms with Gasteiger partial charge in [0.25, 0.3) is 0 Å². The van der Waals surface area contributed by atoms with Crippen molar-refractivity contribution in [3.63, 3.8) is 0 Å². The van der Waals surface area contributed by atoms with Gasteiger partial charge in [0, 0.05) is 4.88 Å². The Kier molecular flexibility index (Phi) is 4.62. The highest BCUT2D eigenvalue weighted by Gasteiger charge is 2.25. The topological polar surface area (TPSA) is 75.6 Å². The van der Waals surface area contributed by atoms with Crippen LogP contribution < -0.4 is 5.32 Å². The minimum absolute atomic E-state index is 0.154. The number of carbonyl (C=O) groups is 2. The minimum atomic E-state index is -1.01. The standard InChI is InChI=1S/C17H17NO4S/c19-16(20)15-14(12-8-4-5-9-13(12)23-15)18-17(21)22-10-11-6-2-1-3-7-11/h1-3,6-7H,4-5,8-10H2,(H,18,21)(H,19,20). The Morgan fingerprint density at radius 2 is 1.91 bits per heavy atom. The van der Waals surface area contributed by atoms with E-state index in [9.17, 15) is 14.7 Å². The van der Waals surface area contributed by atoms with E-state index in [1.165, 1.54) is 11.3 Å². The zero-order chi connectivity index (χ0) is 16.2. The largest absolute Gasteiger partial charge is 0.477 e. The maximum atomic E-state index is 12.0. The van der Waals surface area contributed by atoms with Crippen LogP contribution >= 0.6 is 11.3 Å². The zero-order valence-electron chi connectivity index (χ0n) is 12.5. The number of amides is 1. The summed E-state index contributed by atoms with van der Waals surface area (Å²) in [6.45, 7) is 0.154. The number of benzene rings is 1. The number of hydrogen-bond donors (Lipinski definition) is 2. The van der Waals surface area contributed by atoms with Gasteiger partial charge in [-0.1, -0.05) is 30.3 Å². The highest BCUT2D eigenvalue weighted by atomic mass is 32.1. The fourth-order valence-electron chi connectivity index (χ4n) is 2.71. The Bertz CT molecular complexity index is 724. The van der Waals surface area contributed by atoms with E-state index in [-0.39, 0.29) is 11.5 Å². The van der Waals surface area contributed by atoms with Crippen LogP contribution in [0.1, 0.15) is 38.5 Å². The van der Waals surface area contributed by atoms with Crippen LogP contribution in [0.4, 0.5) is 10.5 Å². The van der Waals surface area contributed by atoms with Crippen molar-refractivity contribution >= 4 is 29.1 Å². The number of carbonyl (C=O) groups excluding carboxylic acids is 1. The molecule has 0 bridgehead atoms. The fraction of sp³-hybridized carbons (Fsp3) is 0.294. The Balaban J connectivity index is 1.72. The molecule has 0 fully saturated rings. The van der Waals surface area contributed by atoms with Crippen molar-refractivity contribution in [1.29, 1.82) is 0 Å². The van der Waals surface area contributed by atoms with Gasteiger partial charge in [-0.2, -0.15) is 0 Å². The van der Waals surface area contributed by atoms with Crippen LogP contribution in [-0.2, 0) is 24.2 Å². The van der Waals surface area contributed by atoms with Crippen molar-refractivity contribution in [3.05, 3.63) is 51.2 Å². The van der Waals surface area contributed by atoms with Crippen LogP contribution in [0.5, 0.6) is 0 Å². The van der Waals surface area contributed by atoms with Crippen molar-refractivity contribution in [2.75, 3.05) is 5.32 Å². The number of carboxylic acid groups (broad SMARTS) is 1. The van der Waals surface area contributed by atoms with Gasteiger partial charge >= 0.3 is 12.1 Å². The third-order valence-corrected chi connectivity index (χ3v) is 5.09. The molecule has 0 unspecified atom stereocenters. The Morgan fingerprint density at radius 3 is 2.65 bits per heavy atom. The van der Waals surface area contributed by atoms with Gasteiger partial charge in [-0.05, 0) is 36.8 Å². The summed E-state index contributed by atoms with van der Waals surface area (Å²) in [4.78, 5) is 24.7. The lowest BCUT2D eigenvalue weighted by atomic mass is 9.97. The van der Waals surface area contributed by atoms with E-state index in [2.05, 4.69) is 5.32 Å². The van der Waals surface area contributed by atoms with Gasteiger partial charge in [0.1, 0.15) is 11.5 Å². The van der Waals surface area contributed by atoms with Gasteiger partial charge in [0.05, 0.1) is 5.69 Å². The fourth-order valence-corrected chi connectivity index (χ4v) is 3.89. The number of fused-ring (bicyclic) bond motifs is 1. The van der Waals surface area contributed by atoms with Gasteiger partial charge in [0.2, 0.25) is 0 Å². The Hall–Kier alpha value is -2.34. The number of rotatable bonds is 4. The maximum absolute atomic E-state index is 12.0. The molecule has 0 radical (unpaired) electrons. The smallest absolute Gasteiger partial charge is 0.412 e. The van der Waals surface area contributed by atoms with Crippen molar-refractivity contribution in [1.82, 2.24) is 0 Å². The van der Waals surface area contributed by atoms with Crippen LogP contribution in [0.2, 0.25) is 0 Å². The van der Waals surface area contributed by atoms with Crippen LogP contribution in [0.3, 0.4) is 0 Å². The molecule has 1 aliphatic rings. The van der Waals surface area contributed by atoms with Crippen LogP contribution in [0, 0.1) is 0 Å². The first-order chi connectivity index (χ1) is 11.1. The third-order valence-electron chi connectivity index (χ3n) is 3.81. The first kappa shape index (κ1) is 15.6. The molecule has 1 aliphatic carbocycles. The van der Waals surface area contributed by atoms with E-state index in [0.29, 0.717) is 5.69 Å². The van der Waals surface area contributed by atoms with E-state index < -0.39 is 12.1 Å². The first-order valence-electron chi connectivity index (χ1n) is 7.50. The SMILES string of the molecule is O=C(Nc1c(C(=O)O)sc2c1CCCC2)OCc1ccccc1. The monoisotopic (exact) mass is 331 g/mol. The molecule has 0 saturated heterocycles. The molecular weight excluding hydrogens is 314 g/mol. The quantitative estimate of drug-likeness (QED) is 0.885. The molecule has 120 valence electrons. The summed E-state index contributed by atoms with van der Waals surface area (Å²) in [5.74, 6) is -1.01. The molecule has 1 amide bonds. The van der Waals surface area contributed by atoms with Crippen molar-refractivity contribution in [2.24, 2.45) is 0 Å². The molecular formula is C17H17NO4S. The van der Waals surface area contributed by atoms with Gasteiger partial charge < -0.3 is 9.84 Å². The molecule has 1 aromatic heterocycles. The van der Waals surface area contributed by atoms with Crippen molar-refractivity contribution < 1.29 is 19.4 Å². The number of carboxylic acids is 1. The van der Waals surface area contributed by atoms with Crippen LogP contribution in [0.15, 0.2) is 30.3 Å². The molecule has 0 spiro atoms. The van der Waals surface area contributed by atoms with Gasteiger partial charge in [-0.25, -0.2) is 9.59 Å². The number of aryl methyl sites for hydroxylation is 1. The zero-order valence-corrected chi connectivity index (χ0v) is 13.3. The van der Waals surface area contributed by atoms with E-state index in [1.807, 2.05) is 30.3 Å². The predicted octanol–water partition coefficient (Wildman–Crippen LogP) is 4.07. The van der Waals surface area contributed by atoms with E-state index in [0.717, 1.165) is 41.7 Å². The normalized spacial score (nSPS) is 13.2. The van der Waals surface area contributed by atoms with Gasteiger partial charge in [-0.15, -0.1) is 11.3 Å². The number of ether oxygens (including phenoxy) is 1. The van der Waals surface area contributed by atoms with Crippen LogP contribution in [0.25, 0.3) is 0 Å². The highest BCUT2D eigenvalue weighted by molar-refractivity contribution is 7.14. The maximum Gasteiger partial charge on any atom is 0.412 e. The summed E-state index contributed by atoms with van der Waals surface area (Å²) in [6.07, 6.45) is 3.12. The second-order valence-electron chi connectivity index (χ2n) is 5.41. The molecule has 5 nitrogen and oxygen atoms in total. The molecule has 3 rings (SSSR count). The molecule has 2 aromatic rings. The number of aromatic carboxylic acids is 1. The number of anilines is 1. The molecule has 2 N–H and O–H groups in total. The lowest BCUT2D eigenvalue weighted by Crippen LogP contribution is -2.16. The highest BCUT2D eigenvalue weighted by Crippen LogP contribution is 2.38. The van der Waals surface area contributed by atoms with Crippen molar-refractivity contribution in [2.45, 2.75) is 32.3 Å². The van der Waals surface area contributed by atoms with Gasteiger partial charge in [-0.3, -0.25) is 5.32 Å². The summed E-state index contributed by atoms with van der Waals surface area (Å²) in [5.41, 5.74) is 2.25. The molecule has 1 heterocycles. The number of hydrogen-bond acceptors (Lipinski definition) is 4. The lowest BCUT2D eigenvalue weighted by molar-refractivity contribution is 0.0703. The molecule has 0 atom stereocenters. The van der Waals surface area contributed by atoms with Gasteiger partial charge in [0.15, 0.2) is 0 Å². The summed E-state index contributed by atoms with van der Waals surface area (Å²) in [7, 11) is 0. The average Bonchev–Trinajstić information content (AvgIpc) is 2.93. The summed E-state index contributed by atoms with van der Waals surface area (Å²) < 4.78 is 5.19.